The maximum atomic E-state index is 17.0. The number of hydrogen-bond acceptors (Lipinski definition) is 16. The van der Waals surface area contributed by atoms with Crippen LogP contribution in [0.5, 0.6) is 17.8 Å². The first-order valence-electron chi connectivity index (χ1n) is 27.1. The number of aromatic amines is 1. The second-order valence-corrected chi connectivity index (χ2v) is 21.2. The third kappa shape index (κ3) is 12.8. The molecule has 3 aromatic carbocycles. The van der Waals surface area contributed by atoms with Gasteiger partial charge in [-0.25, -0.2) is 13.8 Å². The second kappa shape index (κ2) is 25.1. The zero-order valence-corrected chi connectivity index (χ0v) is 45.1. The molecule has 6 atom stereocenters. The highest BCUT2D eigenvalue weighted by Crippen LogP contribution is 2.38. The van der Waals surface area contributed by atoms with Gasteiger partial charge in [0.25, 0.3) is 6.01 Å². The number of carbonyl (C=O) groups excluding carboxylic acids is 1. The van der Waals surface area contributed by atoms with E-state index in [2.05, 4.69) is 57.8 Å². The normalized spacial score (nSPS) is 20.6. The van der Waals surface area contributed by atoms with E-state index >= 15 is 4.39 Å². The molecule has 0 aliphatic carbocycles. The Morgan fingerprint density at radius 3 is 2.56 bits per heavy atom. The van der Waals surface area contributed by atoms with Gasteiger partial charge < -0.3 is 55.0 Å². The van der Waals surface area contributed by atoms with Gasteiger partial charge in [0.15, 0.2) is 11.5 Å². The van der Waals surface area contributed by atoms with Gasteiger partial charge in [-0.1, -0.05) is 55.6 Å². The molecule has 3 fully saturated rings. The number of rotatable bonds is 20. The number of aromatic nitrogens is 6. The molecule has 3 saturated heterocycles. The second-order valence-electron chi connectivity index (χ2n) is 20.8. The molecule has 21 heteroatoms. The van der Waals surface area contributed by atoms with Crippen LogP contribution in [0.2, 0.25) is 5.02 Å². The van der Waals surface area contributed by atoms with E-state index in [0.29, 0.717) is 100 Å². The topological polar surface area (TPSA) is 222 Å². The molecule has 3 aliphatic heterocycles. The lowest BCUT2D eigenvalue weighted by molar-refractivity contribution is -0.121. The van der Waals surface area contributed by atoms with E-state index in [-0.39, 0.29) is 66.0 Å². The molecule has 0 spiro atoms. The van der Waals surface area contributed by atoms with Crippen molar-refractivity contribution in [1.29, 1.82) is 0 Å². The Morgan fingerprint density at radius 2 is 1.77 bits per heavy atom. The van der Waals surface area contributed by atoms with Crippen molar-refractivity contribution < 1.29 is 42.7 Å². The minimum Gasteiger partial charge on any atom is -0.492 e. The highest BCUT2D eigenvalue weighted by Gasteiger charge is 2.40. The van der Waals surface area contributed by atoms with Gasteiger partial charge >= 0.3 is 6.01 Å². The number of nitrogens with two attached hydrogens (primary N) is 1. The lowest BCUT2D eigenvalue weighted by Gasteiger charge is -2.34. The highest BCUT2D eigenvalue weighted by atomic mass is 35.5. The molecule has 7 heterocycles. The molecule has 3 unspecified atom stereocenters. The van der Waals surface area contributed by atoms with Crippen molar-refractivity contribution in [2.24, 2.45) is 17.6 Å². The molecule has 0 radical (unpaired) electrons. The fourth-order valence-electron chi connectivity index (χ4n) is 10.8. The molecule has 0 saturated carbocycles. The summed E-state index contributed by atoms with van der Waals surface area (Å²) in [6, 6.07) is 17.5. The van der Waals surface area contributed by atoms with Crippen LogP contribution in [0.15, 0.2) is 66.9 Å². The zero-order chi connectivity index (χ0) is 55.2. The Morgan fingerprint density at radius 1 is 0.975 bits per heavy atom. The van der Waals surface area contributed by atoms with Crippen molar-refractivity contribution in [3.8, 4) is 52.6 Å². The number of halogens is 3. The molecule has 1 amide bonds. The van der Waals surface area contributed by atoms with Gasteiger partial charge in [0.05, 0.1) is 53.0 Å². The number of pyridine rings is 2. The van der Waals surface area contributed by atoms with Gasteiger partial charge in [0.2, 0.25) is 5.91 Å². The van der Waals surface area contributed by atoms with E-state index in [1.165, 1.54) is 6.07 Å². The van der Waals surface area contributed by atoms with Gasteiger partial charge in [0.1, 0.15) is 54.0 Å². The molecule has 10 rings (SSSR count). The zero-order valence-electron chi connectivity index (χ0n) is 44.3. The van der Waals surface area contributed by atoms with Crippen LogP contribution in [0, 0.1) is 35.8 Å². The number of piperazine rings is 1. The van der Waals surface area contributed by atoms with Crippen molar-refractivity contribution in [2.75, 3.05) is 90.2 Å². The van der Waals surface area contributed by atoms with Gasteiger partial charge in [-0.15, -0.1) is 6.42 Å². The number of aliphatic hydroxyl groups excluding tert-OH is 2. The summed E-state index contributed by atoms with van der Waals surface area (Å²) in [5.41, 5.74) is 9.32. The minimum absolute atomic E-state index is 0.0000413. The number of nitrogens with zero attached hydrogens (tertiary/aromatic N) is 8. The number of hydrogen-bond donors (Lipinski definition) is 5. The Kier molecular flexibility index (Phi) is 17.6. The molecule has 6 N–H and O–H groups in total. The summed E-state index contributed by atoms with van der Waals surface area (Å²) < 4.78 is 55.8. The van der Waals surface area contributed by atoms with Gasteiger partial charge in [-0.2, -0.15) is 15.0 Å². The van der Waals surface area contributed by atoms with Crippen LogP contribution in [-0.2, 0) is 9.53 Å². The number of H-pyrrole nitrogens is 1. The molecule has 416 valence electrons. The molecule has 18 nitrogen and oxygen atoms in total. The van der Waals surface area contributed by atoms with E-state index in [9.17, 15) is 19.4 Å². The standard InChI is InChI=1S/C58H66ClF2N11O7/c1-4-40-44(60)18-14-36-8-7-9-41(49(36)40)52-50(61)53-42(29-64-52)56(72-30-34(2)11-15-38(62)31-72)69-57(67-53)77-27-25-71-23-21-70(22-24-71)20-6-5-10-48(75)63-19-26-76-39-16-12-37(13-17-39)51-43(59)28-45-55(66-51)68-58(65-45)79-47-33-78-54(35(47)3)46(74)32-73/h1,7-9,12-14,16-18,28-29,34-35,38,46-47,54,73-74H,5-6,10-11,15,19-27,30-33,62H2,2-3H3,(H,63,75)(H,65,66,68)/t34?,35-,38?,46?,47-,54+/m1/s1. The van der Waals surface area contributed by atoms with E-state index in [1.807, 2.05) is 31.2 Å². The molecule has 79 heavy (non-hydrogen) atoms. The van der Waals surface area contributed by atoms with Gasteiger partial charge in [-0.3, -0.25) is 14.7 Å². The van der Waals surface area contributed by atoms with Crippen molar-refractivity contribution in [1.82, 2.24) is 45.0 Å². The van der Waals surface area contributed by atoms with Crippen LogP contribution in [0.3, 0.4) is 0 Å². The predicted molar refractivity (Wildman–Crippen MR) is 298 cm³/mol. The Labute approximate surface area is 462 Å². The van der Waals surface area contributed by atoms with Crippen molar-refractivity contribution >= 4 is 56.2 Å². The third-order valence-electron chi connectivity index (χ3n) is 15.2. The van der Waals surface area contributed by atoms with Crippen molar-refractivity contribution in [3.63, 3.8) is 0 Å². The van der Waals surface area contributed by atoms with E-state index in [4.69, 9.17) is 47.7 Å². The first-order chi connectivity index (χ1) is 38.3. The van der Waals surface area contributed by atoms with Crippen LogP contribution in [0.4, 0.5) is 14.6 Å². The Balaban J connectivity index is 0.656. The van der Waals surface area contributed by atoms with Crippen LogP contribution in [0.1, 0.15) is 51.5 Å². The predicted octanol–water partition coefficient (Wildman–Crippen LogP) is 6.76. The molecule has 3 aliphatic rings. The smallest absolute Gasteiger partial charge is 0.319 e. The maximum Gasteiger partial charge on any atom is 0.319 e. The number of fused-ring (bicyclic) bond motifs is 3. The number of anilines is 1. The summed E-state index contributed by atoms with van der Waals surface area (Å²) in [6.07, 6.45) is 9.35. The number of ether oxygens (including phenoxy) is 4. The first-order valence-corrected chi connectivity index (χ1v) is 27.5. The lowest BCUT2D eigenvalue weighted by atomic mass is 9.96. The molecular weight excluding hydrogens is 1040 g/mol. The van der Waals surface area contributed by atoms with E-state index in [0.717, 1.165) is 64.0 Å². The summed E-state index contributed by atoms with van der Waals surface area (Å²) in [6.45, 7) is 11.0. The summed E-state index contributed by atoms with van der Waals surface area (Å²) in [4.78, 5) is 45.9. The summed E-state index contributed by atoms with van der Waals surface area (Å²) in [7, 11) is 0. The Bertz CT molecular complexity index is 3310. The number of terminal acetylenes is 1. The van der Waals surface area contributed by atoms with Gasteiger partial charge in [-0.05, 0) is 79.9 Å². The van der Waals surface area contributed by atoms with Gasteiger partial charge in [0, 0.05) is 86.9 Å². The molecule has 7 aromatic rings. The fourth-order valence-corrected chi connectivity index (χ4v) is 11.1. The summed E-state index contributed by atoms with van der Waals surface area (Å²) in [5.74, 6) is 2.47. The minimum atomic E-state index is -0.993. The van der Waals surface area contributed by atoms with Crippen LogP contribution < -0.4 is 30.2 Å². The Hall–Kier alpha value is -6.83. The van der Waals surface area contributed by atoms with E-state index in [1.54, 1.807) is 36.5 Å². The van der Waals surface area contributed by atoms with Crippen molar-refractivity contribution in [3.05, 3.63) is 89.1 Å². The summed E-state index contributed by atoms with van der Waals surface area (Å²) >= 11 is 6.65. The SMILES string of the molecule is C#Cc1c(F)ccc2cccc(-c3ncc4c(N5CC(C)CCC(N)C5)nc(OCCN5CCN(CCCCC(=O)NCCOc6ccc(-c7nc8nc(O[C@@H]9CO[C@H](C(O)CO)[C@@H]9C)[nH]c8cc7Cl)cc6)CC5)nc4c3F)c12. The summed E-state index contributed by atoms with van der Waals surface area (Å²) in [5, 5.41) is 24.3. The van der Waals surface area contributed by atoms with Crippen LogP contribution in [-0.4, -0.2) is 166 Å². The number of nitrogens with one attached hydrogen (secondary N) is 2. The number of amides is 1. The number of imidazole rings is 1. The monoisotopic (exact) mass is 1100 g/mol. The maximum absolute atomic E-state index is 17.0. The van der Waals surface area contributed by atoms with E-state index < -0.39 is 30.4 Å². The average molecular weight is 1100 g/mol. The quantitative estimate of drug-likeness (QED) is 0.0393. The molecular formula is C58H66ClF2N11O7. The first kappa shape index (κ1) is 55.5. The van der Waals surface area contributed by atoms with Crippen LogP contribution >= 0.6 is 11.6 Å². The number of aliphatic hydroxyl groups is 2. The number of unbranched alkanes of at least 4 members (excludes halogenated alkanes) is 1. The number of benzene rings is 3. The molecule has 4 aromatic heterocycles. The highest BCUT2D eigenvalue weighted by molar-refractivity contribution is 6.33. The number of carbonyl (C=O) groups is 1. The van der Waals surface area contributed by atoms with Crippen molar-refractivity contribution in [2.45, 2.75) is 70.3 Å². The largest absolute Gasteiger partial charge is 0.492 e. The fraction of sp³-hybridized carbons (Fsp3) is 0.448. The third-order valence-corrected chi connectivity index (χ3v) is 15.5. The molecule has 0 bridgehead atoms. The lowest BCUT2D eigenvalue weighted by Crippen LogP contribution is -2.47. The van der Waals surface area contributed by atoms with Crippen LogP contribution in [0.25, 0.3) is 55.4 Å². The average Bonchev–Trinajstić information content (AvgIpc) is 4.11.